The summed E-state index contributed by atoms with van der Waals surface area (Å²) in [6.07, 6.45) is 0. The predicted octanol–water partition coefficient (Wildman–Crippen LogP) is 1.58. The fraction of sp³-hybridized carbons (Fsp3) is 0.300. The Bertz CT molecular complexity index is 561. The van der Waals surface area contributed by atoms with Crippen LogP contribution < -0.4 is 4.74 Å². The number of carbonyl (C=O) groups is 1. The van der Waals surface area contributed by atoms with E-state index in [0.717, 1.165) is 6.07 Å². The van der Waals surface area contributed by atoms with Crippen LogP contribution in [0.25, 0.3) is 0 Å². The maximum atomic E-state index is 13.6. The highest BCUT2D eigenvalue weighted by Gasteiger charge is 2.30. The van der Waals surface area contributed by atoms with Crippen LogP contribution in [0.2, 0.25) is 0 Å². The molecule has 9 nitrogen and oxygen atoms in total. The third-order valence-electron chi connectivity index (χ3n) is 2.09. The van der Waals surface area contributed by atoms with Crippen LogP contribution >= 0.6 is 0 Å². The first-order valence-corrected chi connectivity index (χ1v) is 5.28. The molecular weight excluding hydrogens is 279 g/mol. The first kappa shape index (κ1) is 15.3. The Morgan fingerprint density at radius 2 is 1.95 bits per heavy atom. The third kappa shape index (κ3) is 3.37. The van der Waals surface area contributed by atoms with Crippen molar-refractivity contribution in [1.82, 2.24) is 0 Å². The van der Waals surface area contributed by atoms with Crippen LogP contribution in [0.1, 0.15) is 6.92 Å². The first-order chi connectivity index (χ1) is 9.38. The summed E-state index contributed by atoms with van der Waals surface area (Å²) in [5.74, 6) is -3.03. The van der Waals surface area contributed by atoms with Gasteiger partial charge in [-0.1, -0.05) is 0 Å². The van der Waals surface area contributed by atoms with Gasteiger partial charge in [-0.3, -0.25) is 20.2 Å². The van der Waals surface area contributed by atoms with Gasteiger partial charge in [-0.05, 0) is 13.0 Å². The van der Waals surface area contributed by atoms with E-state index in [9.17, 15) is 29.4 Å². The highest BCUT2D eigenvalue weighted by Crippen LogP contribution is 2.35. The quantitative estimate of drug-likeness (QED) is 0.442. The van der Waals surface area contributed by atoms with Crippen LogP contribution in [0.3, 0.4) is 0 Å². The van der Waals surface area contributed by atoms with Gasteiger partial charge in [0, 0.05) is 6.07 Å². The molecule has 10 heteroatoms. The smallest absolute Gasteiger partial charge is 0.353 e. The van der Waals surface area contributed by atoms with Crippen LogP contribution in [-0.2, 0) is 9.53 Å². The van der Waals surface area contributed by atoms with Crippen LogP contribution in [0.15, 0.2) is 12.1 Å². The summed E-state index contributed by atoms with van der Waals surface area (Å²) in [6, 6.07) is 1.56. The lowest BCUT2D eigenvalue weighted by molar-refractivity contribution is -0.399. The second-order valence-corrected chi connectivity index (χ2v) is 3.35. The molecule has 0 fully saturated rings. The molecule has 0 atom stereocenters. The molecule has 0 amide bonds. The molecule has 0 aliphatic carbocycles. The molecule has 1 aromatic carbocycles. The predicted molar refractivity (Wildman–Crippen MR) is 61.8 cm³/mol. The van der Waals surface area contributed by atoms with E-state index in [4.69, 9.17) is 4.74 Å². The lowest BCUT2D eigenvalue weighted by atomic mass is 10.2. The molecule has 0 N–H and O–H groups in total. The molecule has 0 aromatic heterocycles. The average Bonchev–Trinajstić information content (AvgIpc) is 2.35. The molecular formula is C10H9FN2O7. The minimum absolute atomic E-state index is 0.0823. The Hall–Kier alpha value is -2.78. The first-order valence-electron chi connectivity index (χ1n) is 5.28. The van der Waals surface area contributed by atoms with E-state index in [1.54, 1.807) is 6.92 Å². The van der Waals surface area contributed by atoms with E-state index in [-0.39, 0.29) is 6.61 Å². The SMILES string of the molecule is CCOC(=O)COc1ccc([N+](=O)[O-])c(F)c1[N+](=O)[O-]. The fourth-order valence-corrected chi connectivity index (χ4v) is 1.30. The normalized spacial score (nSPS) is 9.90. The van der Waals surface area contributed by atoms with Crippen LogP contribution in [-0.4, -0.2) is 29.0 Å². The van der Waals surface area contributed by atoms with Crippen molar-refractivity contribution in [2.75, 3.05) is 13.2 Å². The van der Waals surface area contributed by atoms with E-state index in [1.165, 1.54) is 0 Å². The van der Waals surface area contributed by atoms with Gasteiger partial charge in [0.15, 0.2) is 6.61 Å². The summed E-state index contributed by atoms with van der Waals surface area (Å²) >= 11 is 0. The fourth-order valence-electron chi connectivity index (χ4n) is 1.30. The lowest BCUT2D eigenvalue weighted by Crippen LogP contribution is -2.15. The molecule has 0 saturated carbocycles. The summed E-state index contributed by atoms with van der Waals surface area (Å²) in [7, 11) is 0. The minimum atomic E-state index is -1.64. The van der Waals surface area contributed by atoms with Gasteiger partial charge in [-0.15, -0.1) is 0 Å². The lowest BCUT2D eigenvalue weighted by Gasteiger charge is -2.06. The van der Waals surface area contributed by atoms with Gasteiger partial charge in [0.1, 0.15) is 0 Å². The van der Waals surface area contributed by atoms with Crippen LogP contribution in [0.5, 0.6) is 5.75 Å². The Morgan fingerprint density at radius 1 is 1.30 bits per heavy atom. The Balaban J connectivity index is 3.08. The van der Waals surface area contributed by atoms with Gasteiger partial charge in [0.25, 0.3) is 5.82 Å². The zero-order valence-corrected chi connectivity index (χ0v) is 10.2. The average molecular weight is 288 g/mol. The Kier molecular flexibility index (Phi) is 4.89. The van der Waals surface area contributed by atoms with E-state index >= 15 is 0 Å². The maximum absolute atomic E-state index is 13.6. The third-order valence-corrected chi connectivity index (χ3v) is 2.09. The molecule has 20 heavy (non-hydrogen) atoms. The van der Waals surface area contributed by atoms with E-state index in [0.29, 0.717) is 6.07 Å². The van der Waals surface area contributed by atoms with Crippen molar-refractivity contribution in [3.8, 4) is 5.75 Å². The molecule has 0 saturated heterocycles. The highest BCUT2D eigenvalue weighted by atomic mass is 19.1. The summed E-state index contributed by atoms with van der Waals surface area (Å²) in [5.41, 5.74) is -2.26. The number of halogens is 1. The number of esters is 1. The monoisotopic (exact) mass is 288 g/mol. The number of benzene rings is 1. The van der Waals surface area contributed by atoms with Gasteiger partial charge in [0.2, 0.25) is 5.75 Å². The van der Waals surface area contributed by atoms with E-state index in [1.807, 2.05) is 0 Å². The molecule has 0 heterocycles. The van der Waals surface area contributed by atoms with Crippen LogP contribution in [0, 0.1) is 26.0 Å². The molecule has 0 bridgehead atoms. The Morgan fingerprint density at radius 3 is 2.45 bits per heavy atom. The molecule has 1 aromatic rings. The molecule has 0 aliphatic rings. The number of hydrogen-bond donors (Lipinski definition) is 0. The van der Waals surface area contributed by atoms with Crippen molar-refractivity contribution < 1.29 is 28.5 Å². The van der Waals surface area contributed by atoms with E-state index in [2.05, 4.69) is 4.74 Å². The highest BCUT2D eigenvalue weighted by molar-refractivity contribution is 5.71. The number of ether oxygens (including phenoxy) is 2. The number of nitro groups is 2. The second-order valence-electron chi connectivity index (χ2n) is 3.35. The number of hydrogen-bond acceptors (Lipinski definition) is 7. The molecule has 0 spiro atoms. The van der Waals surface area contributed by atoms with Gasteiger partial charge in [0.05, 0.1) is 16.5 Å². The molecule has 0 radical (unpaired) electrons. The molecule has 1 rings (SSSR count). The topological polar surface area (TPSA) is 122 Å². The second kappa shape index (κ2) is 6.41. The Labute approximate surface area is 111 Å². The van der Waals surface area contributed by atoms with Gasteiger partial charge < -0.3 is 9.47 Å². The van der Waals surface area contributed by atoms with Crippen molar-refractivity contribution in [2.45, 2.75) is 6.92 Å². The zero-order valence-electron chi connectivity index (χ0n) is 10.2. The van der Waals surface area contributed by atoms with Gasteiger partial charge in [-0.2, -0.15) is 4.39 Å². The summed E-state index contributed by atoms with van der Waals surface area (Å²) < 4.78 is 22.9. The molecule has 0 aliphatic heterocycles. The largest absolute Gasteiger partial charge is 0.475 e. The summed E-state index contributed by atoms with van der Waals surface area (Å²) in [6.45, 7) is 0.955. The number of nitro benzene ring substituents is 2. The van der Waals surface area contributed by atoms with Crippen LogP contribution in [0.4, 0.5) is 15.8 Å². The minimum Gasteiger partial charge on any atom is -0.475 e. The summed E-state index contributed by atoms with van der Waals surface area (Å²) in [4.78, 5) is 30.0. The zero-order chi connectivity index (χ0) is 15.3. The van der Waals surface area contributed by atoms with Crippen molar-refractivity contribution >= 4 is 17.3 Å². The number of carbonyl (C=O) groups excluding carboxylic acids is 1. The molecule has 0 unspecified atom stereocenters. The number of nitrogens with zero attached hydrogens (tertiary/aromatic N) is 2. The van der Waals surface area contributed by atoms with Gasteiger partial charge in [-0.25, -0.2) is 4.79 Å². The van der Waals surface area contributed by atoms with Crippen molar-refractivity contribution in [3.63, 3.8) is 0 Å². The van der Waals surface area contributed by atoms with Crippen molar-refractivity contribution in [3.05, 3.63) is 38.2 Å². The standard InChI is InChI=1S/C10H9FN2O7/c1-2-19-8(14)5-20-7-4-3-6(12(15)16)9(11)10(7)13(17)18/h3-4H,2,5H2,1H3. The number of rotatable bonds is 6. The van der Waals surface area contributed by atoms with Gasteiger partial charge >= 0.3 is 17.3 Å². The van der Waals surface area contributed by atoms with Crippen molar-refractivity contribution in [1.29, 1.82) is 0 Å². The molecule has 108 valence electrons. The maximum Gasteiger partial charge on any atom is 0.353 e. The summed E-state index contributed by atoms with van der Waals surface area (Å²) in [5, 5.41) is 21.2. The van der Waals surface area contributed by atoms with Crippen molar-refractivity contribution in [2.24, 2.45) is 0 Å². The van der Waals surface area contributed by atoms with E-state index < -0.39 is 45.4 Å².